The molecule has 0 heterocycles. The van der Waals surface area contributed by atoms with Crippen LogP contribution in [-0.2, 0) is 19.4 Å². The van der Waals surface area contributed by atoms with Crippen LogP contribution in [0.15, 0.2) is 60.0 Å². The summed E-state index contributed by atoms with van der Waals surface area (Å²) >= 11 is 0. The van der Waals surface area contributed by atoms with Crippen molar-refractivity contribution in [1.29, 1.82) is 0 Å². The van der Waals surface area contributed by atoms with Gasteiger partial charge in [-0.1, -0.05) is 32.3 Å². The van der Waals surface area contributed by atoms with E-state index in [-0.39, 0.29) is 16.2 Å². The van der Waals surface area contributed by atoms with Crippen molar-refractivity contribution in [1.82, 2.24) is 0 Å². The molecule has 34 heavy (non-hydrogen) atoms. The van der Waals surface area contributed by atoms with E-state index < -0.39 is 27.6 Å². The number of benzene rings is 2. The normalized spacial score (nSPS) is 11.0. The molecule has 0 amide bonds. The van der Waals surface area contributed by atoms with Crippen molar-refractivity contribution in [3.8, 4) is 11.5 Å². The van der Waals surface area contributed by atoms with Crippen molar-refractivity contribution in [2.45, 2.75) is 43.4 Å². The molecule has 9 heteroatoms. The van der Waals surface area contributed by atoms with Crippen molar-refractivity contribution < 1.29 is 36.6 Å². The highest BCUT2D eigenvalue weighted by atomic mass is 32.2. The Morgan fingerprint density at radius 3 is 2.09 bits per heavy atom. The van der Waals surface area contributed by atoms with Crippen LogP contribution in [0.2, 0.25) is 0 Å². The van der Waals surface area contributed by atoms with Crippen LogP contribution in [0.1, 0.15) is 48.9 Å². The second-order valence-electron chi connectivity index (χ2n) is 7.62. The number of unbranched alkanes of at least 4 members (excludes halogenated alkanes) is 5. The molecule has 0 N–H and O–H groups in total. The van der Waals surface area contributed by atoms with E-state index in [1.165, 1.54) is 36.4 Å². The van der Waals surface area contributed by atoms with Crippen molar-refractivity contribution in [2.75, 3.05) is 19.5 Å². The maximum Gasteiger partial charge on any atom is 0.346 e. The molecule has 2 aromatic rings. The Labute approximate surface area is 199 Å². The van der Waals surface area contributed by atoms with E-state index >= 15 is 0 Å². The zero-order chi connectivity index (χ0) is 25.0. The summed E-state index contributed by atoms with van der Waals surface area (Å²) in [5.41, 5.74) is -0.252. The van der Waals surface area contributed by atoms with Crippen LogP contribution >= 0.6 is 0 Å². The first-order chi connectivity index (χ1) is 16.2. The molecule has 0 aliphatic rings. The Morgan fingerprint density at radius 2 is 1.50 bits per heavy atom. The summed E-state index contributed by atoms with van der Waals surface area (Å²) in [6.45, 7) is 4.16. The van der Waals surface area contributed by atoms with Gasteiger partial charge in [-0.15, -0.1) is 0 Å². The van der Waals surface area contributed by atoms with Crippen LogP contribution in [0.5, 0.6) is 11.5 Å². The van der Waals surface area contributed by atoms with Gasteiger partial charge in [0.1, 0.15) is 17.3 Å². The number of hydrogen-bond acceptors (Lipinski definition) is 7. The van der Waals surface area contributed by atoms with Crippen LogP contribution in [-0.4, -0.2) is 39.8 Å². The molecule has 7 nitrogen and oxygen atoms in total. The Morgan fingerprint density at radius 1 is 0.912 bits per heavy atom. The average Bonchev–Trinajstić information content (AvgIpc) is 2.79. The lowest BCUT2D eigenvalue weighted by Gasteiger charge is -2.09. The molecular formula is C25H29FO7S. The SMILES string of the molecule is C=CC(=O)OCCCCCCCCOc1ccc(C(=O)Oc2ccc(S(C)(=O)=O)cc2)c(F)c1. The number of esters is 2. The zero-order valence-electron chi connectivity index (χ0n) is 19.1. The summed E-state index contributed by atoms with van der Waals surface area (Å²) in [5, 5.41) is 0. The molecule has 0 saturated heterocycles. The number of rotatable bonds is 14. The van der Waals surface area contributed by atoms with Gasteiger partial charge < -0.3 is 14.2 Å². The summed E-state index contributed by atoms with van der Waals surface area (Å²) in [7, 11) is -3.37. The smallest absolute Gasteiger partial charge is 0.346 e. The van der Waals surface area contributed by atoms with Gasteiger partial charge in [0.05, 0.1) is 23.7 Å². The van der Waals surface area contributed by atoms with Gasteiger partial charge in [0, 0.05) is 18.4 Å². The average molecular weight is 493 g/mol. The second-order valence-corrected chi connectivity index (χ2v) is 9.63. The lowest BCUT2D eigenvalue weighted by atomic mass is 10.1. The van der Waals surface area contributed by atoms with Crippen LogP contribution in [0.4, 0.5) is 4.39 Å². The van der Waals surface area contributed by atoms with Gasteiger partial charge in [-0.2, -0.15) is 0 Å². The Balaban J connectivity index is 1.70. The molecule has 0 spiro atoms. The summed E-state index contributed by atoms with van der Waals surface area (Å²) in [5.74, 6) is -1.65. The lowest BCUT2D eigenvalue weighted by molar-refractivity contribution is -0.137. The number of halogens is 1. The van der Waals surface area contributed by atoms with Crippen molar-refractivity contribution in [2.24, 2.45) is 0 Å². The number of sulfone groups is 1. The fourth-order valence-electron chi connectivity index (χ4n) is 3.00. The van der Waals surface area contributed by atoms with Crippen molar-refractivity contribution in [3.05, 3.63) is 66.5 Å². The monoisotopic (exact) mass is 492 g/mol. The van der Waals surface area contributed by atoms with Crippen LogP contribution in [0.3, 0.4) is 0 Å². The first kappa shape index (κ1) is 27.0. The van der Waals surface area contributed by atoms with Crippen LogP contribution in [0.25, 0.3) is 0 Å². The predicted molar refractivity (Wildman–Crippen MR) is 125 cm³/mol. The summed E-state index contributed by atoms with van der Waals surface area (Å²) in [6.07, 6.45) is 7.80. The molecule has 2 aromatic carbocycles. The lowest BCUT2D eigenvalue weighted by Crippen LogP contribution is -2.11. The minimum atomic E-state index is -3.37. The highest BCUT2D eigenvalue weighted by Crippen LogP contribution is 2.21. The van der Waals surface area contributed by atoms with E-state index in [0.29, 0.717) is 19.0 Å². The van der Waals surface area contributed by atoms with Gasteiger partial charge >= 0.3 is 11.9 Å². The molecule has 0 saturated carbocycles. The molecule has 0 radical (unpaired) electrons. The number of carbonyl (C=O) groups excluding carboxylic acids is 2. The minimum absolute atomic E-state index is 0.0894. The highest BCUT2D eigenvalue weighted by molar-refractivity contribution is 7.90. The first-order valence-electron chi connectivity index (χ1n) is 10.9. The van der Waals surface area contributed by atoms with Crippen LogP contribution in [0, 0.1) is 5.82 Å². The fourth-order valence-corrected chi connectivity index (χ4v) is 3.63. The summed E-state index contributed by atoms with van der Waals surface area (Å²) in [6, 6.07) is 9.21. The number of ether oxygens (including phenoxy) is 3. The quantitative estimate of drug-likeness (QED) is 0.160. The summed E-state index contributed by atoms with van der Waals surface area (Å²) < 4.78 is 52.9. The van der Waals surface area contributed by atoms with E-state index in [4.69, 9.17) is 14.2 Å². The standard InChI is InChI=1S/C25H29FO7S/c1-3-24(27)32-17-9-7-5-4-6-8-16-31-20-12-15-22(23(26)18-20)25(28)33-19-10-13-21(14-11-19)34(2,29)30/h3,10-15,18H,1,4-9,16-17H2,2H3. The molecule has 0 aliphatic carbocycles. The molecule has 2 rings (SSSR count). The van der Waals surface area contributed by atoms with Gasteiger partial charge in [0.15, 0.2) is 9.84 Å². The molecular weight excluding hydrogens is 463 g/mol. The second kappa shape index (κ2) is 13.5. The Bertz CT molecular complexity index is 1080. The maximum atomic E-state index is 14.4. The van der Waals surface area contributed by atoms with Gasteiger partial charge in [-0.3, -0.25) is 0 Å². The zero-order valence-corrected chi connectivity index (χ0v) is 19.9. The molecule has 0 aliphatic heterocycles. The molecule has 184 valence electrons. The van der Waals surface area contributed by atoms with E-state index in [1.807, 2.05) is 0 Å². The molecule has 0 fully saturated rings. The van der Waals surface area contributed by atoms with Gasteiger partial charge in [0.25, 0.3) is 0 Å². The third kappa shape index (κ3) is 9.35. The third-order valence-electron chi connectivity index (χ3n) is 4.84. The minimum Gasteiger partial charge on any atom is -0.493 e. The van der Waals surface area contributed by atoms with Gasteiger partial charge in [-0.25, -0.2) is 22.4 Å². The van der Waals surface area contributed by atoms with E-state index in [2.05, 4.69) is 6.58 Å². The predicted octanol–water partition coefficient (Wildman–Crippen LogP) is 4.90. The van der Waals surface area contributed by atoms with E-state index in [0.717, 1.165) is 56.9 Å². The number of hydrogen-bond donors (Lipinski definition) is 0. The largest absolute Gasteiger partial charge is 0.493 e. The van der Waals surface area contributed by atoms with E-state index in [1.54, 1.807) is 0 Å². The van der Waals surface area contributed by atoms with Crippen molar-refractivity contribution in [3.63, 3.8) is 0 Å². The molecule has 0 unspecified atom stereocenters. The Hall–Kier alpha value is -3.20. The highest BCUT2D eigenvalue weighted by Gasteiger charge is 2.16. The molecule has 0 atom stereocenters. The molecule has 0 aromatic heterocycles. The topological polar surface area (TPSA) is 96.0 Å². The fraction of sp³-hybridized carbons (Fsp3) is 0.360. The van der Waals surface area contributed by atoms with Crippen LogP contribution < -0.4 is 9.47 Å². The van der Waals surface area contributed by atoms with E-state index in [9.17, 15) is 22.4 Å². The summed E-state index contributed by atoms with van der Waals surface area (Å²) in [4.78, 5) is 23.2. The van der Waals surface area contributed by atoms with Gasteiger partial charge in [-0.05, 0) is 49.2 Å². The third-order valence-corrected chi connectivity index (χ3v) is 5.97. The maximum absolute atomic E-state index is 14.4. The van der Waals surface area contributed by atoms with Gasteiger partial charge in [0.2, 0.25) is 0 Å². The number of carbonyl (C=O) groups is 2. The molecule has 0 bridgehead atoms. The Kier molecular flexibility index (Phi) is 10.7. The van der Waals surface area contributed by atoms with Crippen molar-refractivity contribution >= 4 is 21.8 Å². The first-order valence-corrected chi connectivity index (χ1v) is 12.8.